The maximum absolute atomic E-state index is 13.3. The summed E-state index contributed by atoms with van der Waals surface area (Å²) >= 11 is 0. The zero-order valence-electron chi connectivity index (χ0n) is 14.1. The van der Waals surface area contributed by atoms with Gasteiger partial charge >= 0.3 is 0 Å². The number of hydrogen-bond donors (Lipinski definition) is 1. The second kappa shape index (κ2) is 5.65. The van der Waals surface area contributed by atoms with Crippen molar-refractivity contribution in [3.63, 3.8) is 0 Å². The molecular formula is C19H22N2O3. The molecule has 1 N–H and O–H groups in total. The summed E-state index contributed by atoms with van der Waals surface area (Å²) in [6, 6.07) is 3.89. The zero-order chi connectivity index (χ0) is 16.8. The van der Waals surface area contributed by atoms with Crippen molar-refractivity contribution in [3.8, 4) is 0 Å². The van der Waals surface area contributed by atoms with Crippen molar-refractivity contribution in [2.24, 2.45) is 0 Å². The van der Waals surface area contributed by atoms with E-state index in [9.17, 15) is 9.59 Å². The summed E-state index contributed by atoms with van der Waals surface area (Å²) in [7, 11) is 0. The molecule has 0 aromatic carbocycles. The van der Waals surface area contributed by atoms with E-state index in [0.29, 0.717) is 12.1 Å². The molecule has 126 valence electrons. The lowest BCUT2D eigenvalue weighted by Gasteiger charge is -2.28. The highest BCUT2D eigenvalue weighted by molar-refractivity contribution is 6.04. The molecule has 1 amide bonds. The van der Waals surface area contributed by atoms with Crippen LogP contribution < -0.4 is 0 Å². The van der Waals surface area contributed by atoms with Crippen LogP contribution in [-0.4, -0.2) is 27.6 Å². The molecule has 0 saturated heterocycles. The number of carbonyl (C=O) groups is 2. The standard InChI is InChI=1S/C19H22N2O3/c1-11-17-14(5-3-6-15(17)22)20-18(11)19(23)21(13-8-9-13)12(2)16-7-4-10-24-16/h4,7,10,12-13,20H,3,5-6,8-9H2,1-2H3. The van der Waals surface area contributed by atoms with Crippen LogP contribution in [0.5, 0.6) is 0 Å². The summed E-state index contributed by atoms with van der Waals surface area (Å²) in [4.78, 5) is 30.6. The maximum atomic E-state index is 13.3. The van der Waals surface area contributed by atoms with Gasteiger partial charge in [-0.2, -0.15) is 0 Å². The van der Waals surface area contributed by atoms with E-state index in [-0.39, 0.29) is 23.8 Å². The Balaban J connectivity index is 1.70. The number of carbonyl (C=O) groups excluding carboxylic acids is 2. The number of ketones is 1. The fourth-order valence-corrected chi connectivity index (χ4v) is 3.79. The van der Waals surface area contributed by atoms with Gasteiger partial charge < -0.3 is 14.3 Å². The van der Waals surface area contributed by atoms with Crippen molar-refractivity contribution < 1.29 is 14.0 Å². The van der Waals surface area contributed by atoms with Crippen LogP contribution in [0.4, 0.5) is 0 Å². The summed E-state index contributed by atoms with van der Waals surface area (Å²) in [5.74, 6) is 0.919. The summed E-state index contributed by atoms with van der Waals surface area (Å²) in [6.07, 6.45) is 5.96. The molecule has 4 rings (SSSR count). The second-order valence-electron chi connectivity index (χ2n) is 6.89. The molecule has 1 unspecified atom stereocenters. The SMILES string of the molecule is Cc1c(C(=O)N(C2CC2)C(C)c2ccco2)[nH]c2c1C(=O)CCC2. The van der Waals surface area contributed by atoms with Crippen LogP contribution in [0.3, 0.4) is 0 Å². The van der Waals surface area contributed by atoms with Gasteiger partial charge in [-0.05, 0) is 57.2 Å². The van der Waals surface area contributed by atoms with Crippen molar-refractivity contribution in [2.45, 2.75) is 58.0 Å². The van der Waals surface area contributed by atoms with Gasteiger partial charge in [-0.1, -0.05) is 0 Å². The highest BCUT2D eigenvalue weighted by Gasteiger charge is 2.39. The molecule has 2 aliphatic carbocycles. The van der Waals surface area contributed by atoms with Crippen molar-refractivity contribution in [1.29, 1.82) is 0 Å². The van der Waals surface area contributed by atoms with Gasteiger partial charge in [0, 0.05) is 23.7 Å². The number of fused-ring (bicyclic) bond motifs is 1. The minimum absolute atomic E-state index is 0.0268. The zero-order valence-corrected chi connectivity index (χ0v) is 14.1. The molecule has 2 heterocycles. The number of H-pyrrole nitrogens is 1. The highest BCUT2D eigenvalue weighted by Crippen LogP contribution is 2.37. The number of nitrogens with zero attached hydrogens (tertiary/aromatic N) is 1. The molecule has 0 radical (unpaired) electrons. The third kappa shape index (κ3) is 2.39. The molecule has 1 atom stereocenters. The van der Waals surface area contributed by atoms with Crippen molar-refractivity contribution in [1.82, 2.24) is 9.88 Å². The van der Waals surface area contributed by atoms with Gasteiger partial charge in [-0.25, -0.2) is 0 Å². The van der Waals surface area contributed by atoms with Crippen LogP contribution >= 0.6 is 0 Å². The van der Waals surface area contributed by atoms with Gasteiger partial charge in [0.25, 0.3) is 5.91 Å². The van der Waals surface area contributed by atoms with Crippen molar-refractivity contribution in [2.75, 3.05) is 0 Å². The fourth-order valence-electron chi connectivity index (χ4n) is 3.79. The topological polar surface area (TPSA) is 66.3 Å². The van der Waals surface area contributed by atoms with E-state index in [1.54, 1.807) is 6.26 Å². The molecule has 0 spiro atoms. The molecule has 24 heavy (non-hydrogen) atoms. The van der Waals surface area contributed by atoms with Gasteiger partial charge in [0.05, 0.1) is 12.3 Å². The number of aromatic amines is 1. The first-order valence-corrected chi connectivity index (χ1v) is 8.68. The van der Waals surface area contributed by atoms with Crippen LogP contribution in [0.2, 0.25) is 0 Å². The number of Topliss-reactive ketones (excluding diaryl/α,β-unsaturated/α-hetero) is 1. The van der Waals surface area contributed by atoms with Crippen molar-refractivity contribution >= 4 is 11.7 Å². The Morgan fingerprint density at radius 2 is 2.17 bits per heavy atom. The summed E-state index contributed by atoms with van der Waals surface area (Å²) < 4.78 is 5.51. The van der Waals surface area contributed by atoms with Gasteiger partial charge in [0.1, 0.15) is 11.5 Å². The Hall–Kier alpha value is -2.30. The predicted octanol–water partition coefficient (Wildman–Crippen LogP) is 3.80. The van der Waals surface area contributed by atoms with Crippen LogP contribution in [0.15, 0.2) is 22.8 Å². The lowest BCUT2D eigenvalue weighted by Crippen LogP contribution is -2.36. The molecular weight excluding hydrogens is 304 g/mol. The molecule has 0 bridgehead atoms. The average Bonchev–Trinajstić information content (AvgIpc) is 3.11. The van der Waals surface area contributed by atoms with Gasteiger partial charge in [0.15, 0.2) is 5.78 Å². The Morgan fingerprint density at radius 3 is 2.79 bits per heavy atom. The third-order valence-corrected chi connectivity index (χ3v) is 5.20. The number of amides is 1. The molecule has 5 nitrogen and oxygen atoms in total. The van der Waals surface area contributed by atoms with E-state index in [1.165, 1.54) is 0 Å². The van der Waals surface area contributed by atoms with Crippen LogP contribution in [-0.2, 0) is 6.42 Å². The predicted molar refractivity (Wildman–Crippen MR) is 89.1 cm³/mol. The average molecular weight is 326 g/mol. The van der Waals surface area contributed by atoms with Crippen LogP contribution in [0.25, 0.3) is 0 Å². The number of nitrogens with one attached hydrogen (secondary N) is 1. The van der Waals surface area contributed by atoms with E-state index < -0.39 is 0 Å². The van der Waals surface area contributed by atoms with E-state index in [4.69, 9.17) is 4.42 Å². The van der Waals surface area contributed by atoms with Crippen molar-refractivity contribution in [3.05, 3.63) is 46.7 Å². The van der Waals surface area contributed by atoms with Gasteiger partial charge in [-0.15, -0.1) is 0 Å². The lowest BCUT2D eigenvalue weighted by atomic mass is 9.93. The number of rotatable bonds is 4. The third-order valence-electron chi connectivity index (χ3n) is 5.20. The van der Waals surface area contributed by atoms with E-state index in [0.717, 1.165) is 48.3 Å². The van der Waals surface area contributed by atoms with E-state index in [2.05, 4.69) is 4.98 Å². The highest BCUT2D eigenvalue weighted by atomic mass is 16.3. The lowest BCUT2D eigenvalue weighted by molar-refractivity contribution is 0.0646. The van der Waals surface area contributed by atoms with Gasteiger partial charge in [-0.3, -0.25) is 9.59 Å². The number of hydrogen-bond acceptors (Lipinski definition) is 3. The Bertz CT molecular complexity index is 784. The minimum Gasteiger partial charge on any atom is -0.467 e. The van der Waals surface area contributed by atoms with E-state index >= 15 is 0 Å². The monoisotopic (exact) mass is 326 g/mol. The minimum atomic E-state index is -0.115. The summed E-state index contributed by atoms with van der Waals surface area (Å²) in [5.41, 5.74) is 3.04. The van der Waals surface area contributed by atoms with Gasteiger partial charge in [0.2, 0.25) is 0 Å². The largest absolute Gasteiger partial charge is 0.467 e. The Labute approximate surface area is 141 Å². The second-order valence-corrected chi connectivity index (χ2v) is 6.89. The smallest absolute Gasteiger partial charge is 0.271 e. The molecule has 2 aliphatic rings. The van der Waals surface area contributed by atoms with Crippen LogP contribution in [0.1, 0.15) is 76.5 Å². The quantitative estimate of drug-likeness (QED) is 0.929. The molecule has 1 saturated carbocycles. The number of aryl methyl sites for hydroxylation is 1. The molecule has 2 aromatic heterocycles. The normalized spacial score (nSPS) is 18.3. The van der Waals surface area contributed by atoms with Crippen LogP contribution in [0, 0.1) is 6.92 Å². The summed E-state index contributed by atoms with van der Waals surface area (Å²) in [5, 5.41) is 0. The first kappa shape index (κ1) is 15.2. The molecule has 2 aromatic rings. The number of furan rings is 1. The first-order chi connectivity index (χ1) is 11.6. The fraction of sp³-hybridized carbons (Fsp3) is 0.474. The maximum Gasteiger partial charge on any atom is 0.271 e. The summed E-state index contributed by atoms with van der Waals surface area (Å²) in [6.45, 7) is 3.88. The Morgan fingerprint density at radius 1 is 1.38 bits per heavy atom. The first-order valence-electron chi connectivity index (χ1n) is 8.68. The van der Waals surface area contributed by atoms with E-state index in [1.807, 2.05) is 30.9 Å². The number of aromatic nitrogens is 1. The Kier molecular flexibility index (Phi) is 3.59. The molecule has 0 aliphatic heterocycles. The molecule has 1 fully saturated rings. The molecule has 5 heteroatoms.